The lowest BCUT2D eigenvalue weighted by atomic mass is 9.95. The molecule has 8 heteroatoms. The van der Waals surface area contributed by atoms with E-state index in [2.05, 4.69) is 20.4 Å². The molecule has 2 aromatic heterocycles. The van der Waals surface area contributed by atoms with Gasteiger partial charge in [-0.3, -0.25) is 9.48 Å². The van der Waals surface area contributed by atoms with Gasteiger partial charge in [-0.15, -0.1) is 0 Å². The summed E-state index contributed by atoms with van der Waals surface area (Å²) in [5.74, 6) is 0.855. The number of hydrogen-bond donors (Lipinski definition) is 1. The highest BCUT2D eigenvalue weighted by atomic mass is 16.5. The van der Waals surface area contributed by atoms with E-state index in [1.807, 2.05) is 37.3 Å². The Labute approximate surface area is 147 Å². The number of methoxy groups -OCH3 is 1. The van der Waals surface area contributed by atoms with Crippen molar-refractivity contribution in [2.24, 2.45) is 13.0 Å². The maximum absolute atomic E-state index is 12.5. The van der Waals surface area contributed by atoms with Gasteiger partial charge in [-0.2, -0.15) is 5.10 Å². The first kappa shape index (κ1) is 17.3. The van der Waals surface area contributed by atoms with E-state index in [9.17, 15) is 4.79 Å². The molecule has 8 nitrogen and oxygen atoms in total. The lowest BCUT2D eigenvalue weighted by molar-refractivity contribution is -0.129. The van der Waals surface area contributed by atoms with Gasteiger partial charge < -0.3 is 15.0 Å². The maximum atomic E-state index is 12.5. The number of anilines is 1. The minimum absolute atomic E-state index is 0.0198. The fourth-order valence-electron chi connectivity index (χ4n) is 3.30. The summed E-state index contributed by atoms with van der Waals surface area (Å²) in [5.41, 5.74) is 1.95. The molecule has 1 aliphatic heterocycles. The van der Waals surface area contributed by atoms with Crippen LogP contribution in [-0.2, 0) is 16.6 Å². The number of carbonyl (C=O) groups is 1. The second-order valence-corrected chi connectivity index (χ2v) is 6.34. The highest BCUT2D eigenvalue weighted by Gasteiger charge is 2.40. The maximum Gasteiger partial charge on any atom is 0.223 e. The van der Waals surface area contributed by atoms with Crippen LogP contribution in [0.4, 0.5) is 5.95 Å². The van der Waals surface area contributed by atoms with E-state index in [1.165, 1.54) is 0 Å². The molecule has 1 amide bonds. The first-order valence-electron chi connectivity index (χ1n) is 8.39. The molecule has 1 N–H and O–H groups in total. The highest BCUT2D eigenvalue weighted by molar-refractivity contribution is 5.79. The van der Waals surface area contributed by atoms with Crippen molar-refractivity contribution in [2.75, 3.05) is 32.1 Å². The molecule has 0 radical (unpaired) electrons. The third-order valence-electron chi connectivity index (χ3n) is 4.46. The Morgan fingerprint density at radius 2 is 2.28 bits per heavy atom. The molecule has 2 aromatic rings. The average molecular weight is 344 g/mol. The van der Waals surface area contributed by atoms with Gasteiger partial charge >= 0.3 is 0 Å². The summed E-state index contributed by atoms with van der Waals surface area (Å²) in [7, 11) is 3.53. The van der Waals surface area contributed by atoms with Crippen molar-refractivity contribution >= 4 is 11.9 Å². The molecule has 2 atom stereocenters. The van der Waals surface area contributed by atoms with Crippen LogP contribution in [0.2, 0.25) is 0 Å². The summed E-state index contributed by atoms with van der Waals surface area (Å²) in [6.07, 6.45) is 6.02. The summed E-state index contributed by atoms with van der Waals surface area (Å²) in [6.45, 7) is 3.64. The van der Waals surface area contributed by atoms with Crippen LogP contribution in [0.25, 0.3) is 0 Å². The molecule has 3 rings (SSSR count). The second kappa shape index (κ2) is 7.60. The molecule has 25 heavy (non-hydrogen) atoms. The Hall–Kier alpha value is -2.48. The zero-order chi connectivity index (χ0) is 17.8. The van der Waals surface area contributed by atoms with Gasteiger partial charge in [-0.25, -0.2) is 9.97 Å². The van der Waals surface area contributed by atoms with Gasteiger partial charge in [0.2, 0.25) is 11.9 Å². The van der Waals surface area contributed by atoms with Crippen molar-refractivity contribution in [3.8, 4) is 0 Å². The molecule has 0 unspecified atom stereocenters. The molecular formula is C17H24N6O2. The van der Waals surface area contributed by atoms with Gasteiger partial charge in [0.1, 0.15) is 0 Å². The molecule has 0 saturated carbocycles. The standard InChI is InChI=1S/C17H24N6O2/c1-12-4-5-18-17(21-12)19-9-13-8-15(24)23(6-7-25-3)16(13)14-10-20-22(2)11-14/h4-5,10-11,13,16H,6-9H2,1-3H3,(H,18,19,21)/t13-,16+/m0/s1. The molecule has 0 aromatic carbocycles. The van der Waals surface area contributed by atoms with Gasteiger partial charge in [0, 0.05) is 63.2 Å². The van der Waals surface area contributed by atoms with Crippen molar-refractivity contribution in [2.45, 2.75) is 19.4 Å². The van der Waals surface area contributed by atoms with Crippen LogP contribution in [0.15, 0.2) is 24.7 Å². The molecule has 0 spiro atoms. The van der Waals surface area contributed by atoms with Gasteiger partial charge in [-0.05, 0) is 13.0 Å². The number of ether oxygens (including phenoxy) is 1. The molecule has 1 aliphatic rings. The van der Waals surface area contributed by atoms with Crippen LogP contribution in [0.1, 0.15) is 23.7 Å². The fraction of sp³-hybridized carbons (Fsp3) is 0.529. The number of nitrogens with one attached hydrogen (secondary N) is 1. The summed E-state index contributed by atoms with van der Waals surface area (Å²) in [4.78, 5) is 23.0. The number of amides is 1. The number of likely N-dealkylation sites (tertiary alicyclic amines) is 1. The zero-order valence-electron chi connectivity index (χ0n) is 14.8. The lowest BCUT2D eigenvalue weighted by Crippen LogP contribution is -2.33. The molecule has 134 valence electrons. The molecule has 1 saturated heterocycles. The van der Waals surface area contributed by atoms with E-state index in [-0.39, 0.29) is 17.9 Å². The Kier molecular flexibility index (Phi) is 5.28. The van der Waals surface area contributed by atoms with Crippen LogP contribution in [0.5, 0.6) is 0 Å². The van der Waals surface area contributed by atoms with Crippen LogP contribution >= 0.6 is 0 Å². The van der Waals surface area contributed by atoms with Crippen molar-refractivity contribution in [1.29, 1.82) is 0 Å². The Balaban J connectivity index is 1.77. The Morgan fingerprint density at radius 3 is 2.96 bits per heavy atom. The normalized spacial score (nSPS) is 20.3. The lowest BCUT2D eigenvalue weighted by Gasteiger charge is -2.27. The van der Waals surface area contributed by atoms with Crippen molar-refractivity contribution in [1.82, 2.24) is 24.6 Å². The topological polar surface area (TPSA) is 85.2 Å². The first-order chi connectivity index (χ1) is 12.1. The Bertz CT molecular complexity index is 731. The predicted octanol–water partition coefficient (Wildman–Crippen LogP) is 1.17. The largest absolute Gasteiger partial charge is 0.383 e. The number of aryl methyl sites for hydroxylation is 2. The third kappa shape index (κ3) is 3.96. The van der Waals surface area contributed by atoms with Crippen molar-refractivity contribution < 1.29 is 9.53 Å². The third-order valence-corrected chi connectivity index (χ3v) is 4.46. The van der Waals surface area contributed by atoms with E-state index in [1.54, 1.807) is 18.0 Å². The molecule has 1 fully saturated rings. The number of nitrogens with zero attached hydrogens (tertiary/aromatic N) is 5. The smallest absolute Gasteiger partial charge is 0.223 e. The van der Waals surface area contributed by atoms with E-state index in [4.69, 9.17) is 4.74 Å². The van der Waals surface area contributed by atoms with E-state index in [0.717, 1.165) is 11.3 Å². The Morgan fingerprint density at radius 1 is 1.44 bits per heavy atom. The van der Waals surface area contributed by atoms with Crippen LogP contribution in [0.3, 0.4) is 0 Å². The van der Waals surface area contributed by atoms with Crippen LogP contribution in [0, 0.1) is 12.8 Å². The summed E-state index contributed by atoms with van der Waals surface area (Å²) in [5, 5.41) is 7.54. The number of aromatic nitrogens is 4. The van der Waals surface area contributed by atoms with E-state index < -0.39 is 0 Å². The van der Waals surface area contributed by atoms with Gasteiger partial charge in [0.25, 0.3) is 0 Å². The number of carbonyl (C=O) groups excluding carboxylic acids is 1. The van der Waals surface area contributed by atoms with E-state index >= 15 is 0 Å². The van der Waals surface area contributed by atoms with Crippen molar-refractivity contribution in [3.63, 3.8) is 0 Å². The van der Waals surface area contributed by atoms with Crippen molar-refractivity contribution in [3.05, 3.63) is 35.9 Å². The number of hydrogen-bond acceptors (Lipinski definition) is 6. The fourth-order valence-corrected chi connectivity index (χ4v) is 3.30. The summed E-state index contributed by atoms with van der Waals surface area (Å²) in [6, 6.07) is 1.84. The monoisotopic (exact) mass is 344 g/mol. The molecular weight excluding hydrogens is 320 g/mol. The quantitative estimate of drug-likeness (QED) is 0.811. The van der Waals surface area contributed by atoms with Gasteiger partial charge in [0.05, 0.1) is 18.8 Å². The van der Waals surface area contributed by atoms with E-state index in [0.29, 0.717) is 32.1 Å². The first-order valence-corrected chi connectivity index (χ1v) is 8.39. The van der Waals surface area contributed by atoms with Crippen LogP contribution in [-0.4, -0.2) is 57.4 Å². The van der Waals surface area contributed by atoms with Gasteiger partial charge in [0.15, 0.2) is 0 Å². The summed E-state index contributed by atoms with van der Waals surface area (Å²) >= 11 is 0. The van der Waals surface area contributed by atoms with Crippen LogP contribution < -0.4 is 5.32 Å². The molecule has 0 bridgehead atoms. The zero-order valence-corrected chi connectivity index (χ0v) is 14.8. The second-order valence-electron chi connectivity index (χ2n) is 6.34. The van der Waals surface area contributed by atoms with Gasteiger partial charge in [-0.1, -0.05) is 0 Å². The molecule has 3 heterocycles. The molecule has 0 aliphatic carbocycles. The highest BCUT2D eigenvalue weighted by Crippen LogP contribution is 2.37. The predicted molar refractivity (Wildman–Crippen MR) is 92.9 cm³/mol. The average Bonchev–Trinajstić information content (AvgIpc) is 3.14. The minimum atomic E-state index is -0.0198. The minimum Gasteiger partial charge on any atom is -0.383 e. The summed E-state index contributed by atoms with van der Waals surface area (Å²) < 4.78 is 6.93. The SMILES string of the molecule is COCCN1C(=O)C[C@@H](CNc2nccc(C)n2)[C@@H]1c1cnn(C)c1. The number of rotatable bonds is 7.